The van der Waals surface area contributed by atoms with E-state index in [-0.39, 0.29) is 18.7 Å². The van der Waals surface area contributed by atoms with Crippen LogP contribution in [-0.2, 0) is 22.6 Å². The van der Waals surface area contributed by atoms with E-state index in [0.29, 0.717) is 23.2 Å². The van der Waals surface area contributed by atoms with Crippen molar-refractivity contribution in [3.63, 3.8) is 0 Å². The third-order valence-corrected chi connectivity index (χ3v) is 7.28. The maximum absolute atomic E-state index is 13.5. The highest BCUT2D eigenvalue weighted by Gasteiger charge is 2.14. The molecule has 1 atom stereocenters. The van der Waals surface area contributed by atoms with Gasteiger partial charge in [0.2, 0.25) is 0 Å². The van der Waals surface area contributed by atoms with Crippen LogP contribution in [0.3, 0.4) is 0 Å². The van der Waals surface area contributed by atoms with Crippen LogP contribution in [0.5, 0.6) is 5.75 Å². The third kappa shape index (κ3) is 6.85. The lowest BCUT2D eigenvalue weighted by Gasteiger charge is -2.22. The van der Waals surface area contributed by atoms with E-state index in [4.69, 9.17) is 25.8 Å². The molecule has 210 valence electrons. The van der Waals surface area contributed by atoms with E-state index in [1.165, 1.54) is 18.5 Å². The molecule has 1 aliphatic rings. The molecule has 3 heterocycles. The van der Waals surface area contributed by atoms with Crippen LogP contribution in [0, 0.1) is 5.82 Å². The molecule has 1 fully saturated rings. The van der Waals surface area contributed by atoms with Crippen molar-refractivity contribution in [2.75, 3.05) is 18.5 Å². The van der Waals surface area contributed by atoms with Gasteiger partial charge in [-0.3, -0.25) is 0 Å². The molecule has 7 nitrogen and oxygen atoms in total. The molecular formula is C32H30ClFN4O3. The number of nitrogens with one attached hydrogen (secondary N) is 1. The van der Waals surface area contributed by atoms with Crippen molar-refractivity contribution in [3.05, 3.63) is 102 Å². The van der Waals surface area contributed by atoms with Gasteiger partial charge in [-0.1, -0.05) is 29.8 Å². The SMILES string of the molecule is Fc1cccc(COc2ccc(Nc3ncnc4ccc(-c5ccn(CCOC6CCCCO6)c5)cc34)cc2Cl)c1. The Morgan fingerprint density at radius 2 is 1.98 bits per heavy atom. The normalized spacial score (nSPS) is 15.2. The Morgan fingerprint density at radius 1 is 1.02 bits per heavy atom. The van der Waals surface area contributed by atoms with Gasteiger partial charge >= 0.3 is 0 Å². The van der Waals surface area contributed by atoms with Crippen molar-refractivity contribution in [1.82, 2.24) is 14.5 Å². The summed E-state index contributed by atoms with van der Waals surface area (Å²) in [5.74, 6) is 0.878. The summed E-state index contributed by atoms with van der Waals surface area (Å²) in [6.07, 6.45) is 8.87. The number of halogens is 2. The van der Waals surface area contributed by atoms with E-state index in [9.17, 15) is 4.39 Å². The second-order valence-corrected chi connectivity index (χ2v) is 10.4. The van der Waals surface area contributed by atoms with Crippen molar-refractivity contribution in [3.8, 4) is 16.9 Å². The van der Waals surface area contributed by atoms with E-state index in [1.54, 1.807) is 24.3 Å². The molecule has 1 unspecified atom stereocenters. The number of hydrogen-bond acceptors (Lipinski definition) is 6. The summed E-state index contributed by atoms with van der Waals surface area (Å²) in [6, 6.07) is 20.0. The molecule has 5 aromatic rings. The van der Waals surface area contributed by atoms with Crippen molar-refractivity contribution in [2.24, 2.45) is 0 Å². The minimum Gasteiger partial charge on any atom is -0.487 e. The lowest BCUT2D eigenvalue weighted by molar-refractivity contribution is -0.163. The number of anilines is 2. The topological polar surface area (TPSA) is 70.4 Å². The highest BCUT2D eigenvalue weighted by atomic mass is 35.5. The van der Waals surface area contributed by atoms with Gasteiger partial charge in [0.05, 0.1) is 17.1 Å². The lowest BCUT2D eigenvalue weighted by Crippen LogP contribution is -2.23. The number of hydrogen-bond donors (Lipinski definition) is 1. The van der Waals surface area contributed by atoms with Gasteiger partial charge in [-0.2, -0.15) is 0 Å². The maximum atomic E-state index is 13.5. The van der Waals surface area contributed by atoms with Gasteiger partial charge in [0, 0.05) is 36.6 Å². The summed E-state index contributed by atoms with van der Waals surface area (Å²) in [5, 5.41) is 4.69. The Morgan fingerprint density at radius 3 is 2.83 bits per heavy atom. The molecule has 6 rings (SSSR count). The van der Waals surface area contributed by atoms with Gasteiger partial charge < -0.3 is 24.1 Å². The second-order valence-electron chi connectivity index (χ2n) is 9.95. The number of aromatic nitrogens is 3. The smallest absolute Gasteiger partial charge is 0.157 e. The van der Waals surface area contributed by atoms with Crippen molar-refractivity contribution in [1.29, 1.82) is 0 Å². The van der Waals surface area contributed by atoms with Crippen LogP contribution in [0.2, 0.25) is 5.02 Å². The first-order chi connectivity index (χ1) is 20.1. The van der Waals surface area contributed by atoms with Gasteiger partial charge in [-0.05, 0) is 84.5 Å². The van der Waals surface area contributed by atoms with E-state index in [2.05, 4.69) is 50.4 Å². The van der Waals surface area contributed by atoms with Gasteiger partial charge in [-0.15, -0.1) is 0 Å². The number of ether oxygens (including phenoxy) is 3. The summed E-state index contributed by atoms with van der Waals surface area (Å²) < 4.78 is 32.9. The van der Waals surface area contributed by atoms with E-state index < -0.39 is 0 Å². The zero-order chi connectivity index (χ0) is 28.0. The molecule has 0 bridgehead atoms. The monoisotopic (exact) mass is 572 g/mol. The minimum absolute atomic E-state index is 0.0796. The zero-order valence-electron chi connectivity index (χ0n) is 22.4. The highest BCUT2D eigenvalue weighted by molar-refractivity contribution is 6.32. The lowest BCUT2D eigenvalue weighted by atomic mass is 10.1. The Hall–Kier alpha value is -3.98. The molecule has 0 spiro atoms. The number of rotatable bonds is 10. The second kappa shape index (κ2) is 12.7. The van der Waals surface area contributed by atoms with Gasteiger partial charge in [0.25, 0.3) is 0 Å². The quantitative estimate of drug-likeness (QED) is 0.184. The Labute approximate surface area is 242 Å². The Bertz CT molecular complexity index is 1640. The van der Waals surface area contributed by atoms with E-state index >= 15 is 0 Å². The summed E-state index contributed by atoms with van der Waals surface area (Å²) >= 11 is 6.51. The molecule has 0 radical (unpaired) electrons. The van der Waals surface area contributed by atoms with Crippen molar-refractivity contribution < 1.29 is 18.6 Å². The first-order valence-corrected chi connectivity index (χ1v) is 14.1. The first kappa shape index (κ1) is 27.2. The van der Waals surface area contributed by atoms with Crippen LogP contribution >= 0.6 is 11.6 Å². The molecule has 0 amide bonds. The molecule has 0 saturated carbocycles. The Kier molecular flexibility index (Phi) is 8.41. The van der Waals surface area contributed by atoms with Crippen LogP contribution < -0.4 is 10.1 Å². The highest BCUT2D eigenvalue weighted by Crippen LogP contribution is 2.32. The van der Waals surface area contributed by atoms with Gasteiger partial charge in [0.1, 0.15) is 30.3 Å². The van der Waals surface area contributed by atoms with Gasteiger partial charge in [-0.25, -0.2) is 14.4 Å². The third-order valence-electron chi connectivity index (χ3n) is 6.99. The number of benzene rings is 3. The number of fused-ring (bicyclic) bond motifs is 1. The molecule has 1 N–H and O–H groups in total. The fourth-order valence-corrected chi connectivity index (χ4v) is 5.07. The molecular weight excluding hydrogens is 543 g/mol. The first-order valence-electron chi connectivity index (χ1n) is 13.7. The van der Waals surface area contributed by atoms with Crippen LogP contribution in [0.15, 0.2) is 85.5 Å². The fraction of sp³-hybridized carbons (Fsp3) is 0.250. The summed E-state index contributed by atoms with van der Waals surface area (Å²) in [5.41, 5.74) is 4.46. The average molecular weight is 573 g/mol. The van der Waals surface area contributed by atoms with E-state index in [0.717, 1.165) is 65.7 Å². The van der Waals surface area contributed by atoms with Crippen LogP contribution in [0.25, 0.3) is 22.0 Å². The van der Waals surface area contributed by atoms with Gasteiger partial charge in [0.15, 0.2) is 6.29 Å². The molecule has 3 aromatic carbocycles. The van der Waals surface area contributed by atoms with Crippen molar-refractivity contribution >= 4 is 34.0 Å². The summed E-state index contributed by atoms with van der Waals surface area (Å²) in [4.78, 5) is 8.94. The largest absolute Gasteiger partial charge is 0.487 e. The summed E-state index contributed by atoms with van der Waals surface area (Å²) in [7, 11) is 0. The summed E-state index contributed by atoms with van der Waals surface area (Å²) in [6.45, 7) is 2.36. The predicted molar refractivity (Wildman–Crippen MR) is 158 cm³/mol. The molecule has 41 heavy (non-hydrogen) atoms. The maximum Gasteiger partial charge on any atom is 0.157 e. The number of nitrogens with zero attached hydrogens (tertiary/aromatic N) is 3. The standard InChI is InChI=1S/C32H30ClFN4O3/c33-28-18-26(8-10-30(28)41-20-22-4-3-5-25(34)16-22)37-32-27-17-23(7-9-29(27)35-21-36-32)24-11-12-38(19-24)13-15-40-31-6-1-2-14-39-31/h3-5,7-12,16-19,21,31H,1-2,6,13-15,20H2,(H,35,36,37). The molecule has 2 aromatic heterocycles. The predicted octanol–water partition coefficient (Wildman–Crippen LogP) is 7.76. The average Bonchev–Trinajstić information content (AvgIpc) is 3.46. The minimum atomic E-state index is -0.301. The van der Waals surface area contributed by atoms with Crippen LogP contribution in [0.4, 0.5) is 15.9 Å². The molecule has 1 aliphatic heterocycles. The van der Waals surface area contributed by atoms with Crippen LogP contribution in [-0.4, -0.2) is 34.0 Å². The zero-order valence-corrected chi connectivity index (χ0v) is 23.2. The fourth-order valence-electron chi connectivity index (χ4n) is 4.84. The molecule has 9 heteroatoms. The van der Waals surface area contributed by atoms with E-state index in [1.807, 2.05) is 12.1 Å². The van der Waals surface area contributed by atoms with Crippen molar-refractivity contribution in [2.45, 2.75) is 38.7 Å². The molecule has 0 aliphatic carbocycles. The van der Waals surface area contributed by atoms with Crippen LogP contribution in [0.1, 0.15) is 24.8 Å². The molecule has 1 saturated heterocycles. The Balaban J connectivity index is 1.13.